The minimum absolute atomic E-state index is 0.159. The zero-order valence-corrected chi connectivity index (χ0v) is 15.8. The van der Waals surface area contributed by atoms with E-state index in [2.05, 4.69) is 10.6 Å². The van der Waals surface area contributed by atoms with Crippen LogP contribution in [0.3, 0.4) is 0 Å². The average molecular weight is 373 g/mol. The molecule has 0 unspecified atom stereocenters. The van der Waals surface area contributed by atoms with E-state index >= 15 is 0 Å². The highest BCUT2D eigenvalue weighted by Gasteiger charge is 2.30. The molecule has 0 aromatic rings. The standard InChI is InChI=1S/C17H31N3O6/c1-5-10(4)14(17(25)26)20-16(24)12(6-7-13(21)22)19-15(23)11(18)8-9(2)3/h9-12,14H,5-8,18H2,1-4H3,(H,19,23)(H,20,24)(H,21,22)(H,25,26)/t10-,11-,12-,14-/m0/s1. The number of rotatable bonds is 12. The molecule has 0 bridgehead atoms. The van der Waals surface area contributed by atoms with Crippen LogP contribution < -0.4 is 16.4 Å². The van der Waals surface area contributed by atoms with Crippen LogP contribution in [0.5, 0.6) is 0 Å². The highest BCUT2D eigenvalue weighted by molar-refractivity contribution is 5.92. The lowest BCUT2D eigenvalue weighted by molar-refractivity contribution is -0.144. The van der Waals surface area contributed by atoms with Crippen LogP contribution in [0.15, 0.2) is 0 Å². The molecule has 0 aliphatic carbocycles. The van der Waals surface area contributed by atoms with Crippen molar-refractivity contribution in [1.29, 1.82) is 0 Å². The maximum absolute atomic E-state index is 12.4. The van der Waals surface area contributed by atoms with Crippen molar-refractivity contribution in [2.75, 3.05) is 0 Å². The molecule has 0 radical (unpaired) electrons. The topological polar surface area (TPSA) is 159 Å². The molecule has 150 valence electrons. The summed E-state index contributed by atoms with van der Waals surface area (Å²) >= 11 is 0. The number of hydrogen-bond donors (Lipinski definition) is 5. The molecule has 0 aliphatic rings. The van der Waals surface area contributed by atoms with Gasteiger partial charge in [-0.3, -0.25) is 14.4 Å². The molecule has 0 aliphatic heterocycles. The van der Waals surface area contributed by atoms with Crippen molar-refractivity contribution in [3.05, 3.63) is 0 Å². The highest BCUT2D eigenvalue weighted by atomic mass is 16.4. The quantitative estimate of drug-likeness (QED) is 0.329. The molecule has 0 saturated carbocycles. The molecule has 0 saturated heterocycles. The molecule has 6 N–H and O–H groups in total. The second kappa shape index (κ2) is 11.5. The van der Waals surface area contributed by atoms with E-state index in [1.165, 1.54) is 0 Å². The van der Waals surface area contributed by atoms with Gasteiger partial charge in [0, 0.05) is 6.42 Å². The smallest absolute Gasteiger partial charge is 0.326 e. The van der Waals surface area contributed by atoms with Crippen molar-refractivity contribution in [3.8, 4) is 0 Å². The molecule has 26 heavy (non-hydrogen) atoms. The van der Waals surface area contributed by atoms with E-state index in [-0.39, 0.29) is 24.7 Å². The number of carboxylic acid groups (broad SMARTS) is 2. The van der Waals surface area contributed by atoms with E-state index < -0.39 is 41.9 Å². The fourth-order valence-electron chi connectivity index (χ4n) is 2.37. The SMILES string of the molecule is CC[C@H](C)[C@H](NC(=O)[C@H](CCC(=O)O)NC(=O)[C@@H](N)CC(C)C)C(=O)O. The summed E-state index contributed by atoms with van der Waals surface area (Å²) in [5.74, 6) is -3.77. The Balaban J connectivity index is 5.15. The number of nitrogens with two attached hydrogens (primary N) is 1. The Hall–Kier alpha value is -2.16. The van der Waals surface area contributed by atoms with Crippen LogP contribution >= 0.6 is 0 Å². The van der Waals surface area contributed by atoms with Crippen LogP contribution in [0.2, 0.25) is 0 Å². The lowest BCUT2D eigenvalue weighted by atomic mass is 9.98. The largest absolute Gasteiger partial charge is 0.481 e. The van der Waals surface area contributed by atoms with E-state index in [1.807, 2.05) is 13.8 Å². The van der Waals surface area contributed by atoms with Crippen LogP contribution in [0.4, 0.5) is 0 Å². The van der Waals surface area contributed by atoms with E-state index in [0.717, 1.165) is 0 Å². The molecule has 0 spiro atoms. The lowest BCUT2D eigenvalue weighted by Crippen LogP contribution is -2.55. The molecule has 0 aromatic heterocycles. The first-order valence-electron chi connectivity index (χ1n) is 8.80. The number of carbonyl (C=O) groups is 4. The van der Waals surface area contributed by atoms with Crippen molar-refractivity contribution < 1.29 is 29.4 Å². The summed E-state index contributed by atoms with van der Waals surface area (Å²) < 4.78 is 0. The minimum Gasteiger partial charge on any atom is -0.481 e. The van der Waals surface area contributed by atoms with Gasteiger partial charge in [-0.15, -0.1) is 0 Å². The van der Waals surface area contributed by atoms with E-state index in [0.29, 0.717) is 12.8 Å². The summed E-state index contributed by atoms with van der Waals surface area (Å²) in [6.07, 6.45) is 0.430. The number of carbonyl (C=O) groups excluding carboxylic acids is 2. The van der Waals surface area contributed by atoms with Crippen LogP contribution in [0.1, 0.15) is 53.4 Å². The van der Waals surface area contributed by atoms with Crippen molar-refractivity contribution >= 4 is 23.8 Å². The maximum Gasteiger partial charge on any atom is 0.326 e. The Labute approximate surface area is 153 Å². The zero-order chi connectivity index (χ0) is 20.4. The summed E-state index contributed by atoms with van der Waals surface area (Å²) in [5.41, 5.74) is 5.79. The van der Waals surface area contributed by atoms with Crippen LogP contribution in [0.25, 0.3) is 0 Å². The van der Waals surface area contributed by atoms with Gasteiger partial charge in [-0.05, 0) is 24.7 Å². The molecular weight excluding hydrogens is 342 g/mol. The van der Waals surface area contributed by atoms with Gasteiger partial charge in [0.1, 0.15) is 12.1 Å². The first kappa shape index (κ1) is 23.8. The number of carboxylic acids is 2. The average Bonchev–Trinajstić information content (AvgIpc) is 2.53. The van der Waals surface area contributed by atoms with Gasteiger partial charge >= 0.3 is 11.9 Å². The number of aliphatic carboxylic acids is 2. The number of amides is 2. The van der Waals surface area contributed by atoms with E-state index in [1.54, 1.807) is 13.8 Å². The van der Waals surface area contributed by atoms with Gasteiger partial charge in [-0.1, -0.05) is 34.1 Å². The fourth-order valence-corrected chi connectivity index (χ4v) is 2.37. The molecule has 0 aromatic carbocycles. The van der Waals surface area contributed by atoms with Crippen LogP contribution in [0, 0.1) is 11.8 Å². The van der Waals surface area contributed by atoms with Gasteiger partial charge in [0.2, 0.25) is 11.8 Å². The third-order valence-corrected chi connectivity index (χ3v) is 4.12. The van der Waals surface area contributed by atoms with Gasteiger partial charge in [0.15, 0.2) is 0 Å². The monoisotopic (exact) mass is 373 g/mol. The van der Waals surface area contributed by atoms with Crippen molar-refractivity contribution in [2.24, 2.45) is 17.6 Å². The molecule has 0 heterocycles. The third-order valence-electron chi connectivity index (χ3n) is 4.12. The summed E-state index contributed by atoms with van der Waals surface area (Å²) in [5, 5.41) is 23.0. The Morgan fingerprint density at radius 1 is 1.00 bits per heavy atom. The normalized spacial score (nSPS) is 15.6. The van der Waals surface area contributed by atoms with E-state index in [9.17, 15) is 24.3 Å². The van der Waals surface area contributed by atoms with Gasteiger partial charge in [0.25, 0.3) is 0 Å². The Kier molecular flexibility index (Phi) is 10.5. The highest BCUT2D eigenvalue weighted by Crippen LogP contribution is 2.10. The first-order valence-corrected chi connectivity index (χ1v) is 8.80. The molecular formula is C17H31N3O6. The van der Waals surface area contributed by atoms with Gasteiger partial charge in [0.05, 0.1) is 6.04 Å². The zero-order valence-electron chi connectivity index (χ0n) is 15.8. The summed E-state index contributed by atoms with van der Waals surface area (Å²) in [6.45, 7) is 7.26. The molecule has 2 amide bonds. The Morgan fingerprint density at radius 3 is 2.00 bits per heavy atom. The Morgan fingerprint density at radius 2 is 1.58 bits per heavy atom. The molecule has 9 nitrogen and oxygen atoms in total. The second-order valence-corrected chi connectivity index (χ2v) is 6.94. The van der Waals surface area contributed by atoms with Crippen LogP contribution in [-0.4, -0.2) is 52.1 Å². The second-order valence-electron chi connectivity index (χ2n) is 6.94. The summed E-state index contributed by atoms with van der Waals surface area (Å²) in [6, 6.07) is -3.12. The van der Waals surface area contributed by atoms with Crippen LogP contribution in [-0.2, 0) is 19.2 Å². The fraction of sp³-hybridized carbons (Fsp3) is 0.765. The molecule has 0 fully saturated rings. The summed E-state index contributed by atoms with van der Waals surface area (Å²) in [7, 11) is 0. The van der Waals surface area contributed by atoms with Crippen molar-refractivity contribution in [2.45, 2.75) is 71.5 Å². The van der Waals surface area contributed by atoms with Gasteiger partial charge in [-0.25, -0.2) is 4.79 Å². The predicted octanol–water partition coefficient (Wildman–Crippen LogP) is 0.325. The molecule has 0 rings (SSSR count). The minimum atomic E-state index is -1.19. The molecule has 4 atom stereocenters. The van der Waals surface area contributed by atoms with Crippen molar-refractivity contribution in [1.82, 2.24) is 10.6 Å². The van der Waals surface area contributed by atoms with Gasteiger partial charge < -0.3 is 26.6 Å². The first-order chi connectivity index (χ1) is 12.0. The molecule has 9 heteroatoms. The number of nitrogens with one attached hydrogen (secondary N) is 2. The Bertz CT molecular complexity index is 509. The van der Waals surface area contributed by atoms with Crippen molar-refractivity contribution in [3.63, 3.8) is 0 Å². The van der Waals surface area contributed by atoms with Gasteiger partial charge in [-0.2, -0.15) is 0 Å². The summed E-state index contributed by atoms with van der Waals surface area (Å²) in [4.78, 5) is 46.8. The number of hydrogen-bond acceptors (Lipinski definition) is 5. The lowest BCUT2D eigenvalue weighted by Gasteiger charge is -2.25. The van der Waals surface area contributed by atoms with E-state index in [4.69, 9.17) is 10.8 Å². The maximum atomic E-state index is 12.4. The third kappa shape index (κ3) is 8.80. The predicted molar refractivity (Wildman–Crippen MR) is 95.3 cm³/mol.